The number of aryl methyl sites for hydroxylation is 1. The molecular weight excluding hydrogens is 488 g/mol. The van der Waals surface area contributed by atoms with Crippen molar-refractivity contribution in [3.63, 3.8) is 0 Å². The van der Waals surface area contributed by atoms with Gasteiger partial charge in [-0.15, -0.1) is 5.10 Å². The Labute approximate surface area is 204 Å². The lowest BCUT2D eigenvalue weighted by Crippen LogP contribution is -2.29. The van der Waals surface area contributed by atoms with E-state index in [0.717, 1.165) is 24.9 Å². The number of hydrogen-bond donors (Lipinski definition) is 0. The van der Waals surface area contributed by atoms with Gasteiger partial charge in [-0.2, -0.15) is 31.1 Å². The number of unbranched alkanes of at least 4 members (excludes halogenated alkanes) is 1. The third-order valence-electron chi connectivity index (χ3n) is 5.49. The maximum Gasteiger partial charge on any atom is 0.416 e. The van der Waals surface area contributed by atoms with E-state index in [-0.39, 0.29) is 30.7 Å². The van der Waals surface area contributed by atoms with Gasteiger partial charge in [-0.05, 0) is 48.4 Å². The number of nitrogens with zero attached hydrogens (tertiary/aromatic N) is 7. The van der Waals surface area contributed by atoms with E-state index in [1.54, 1.807) is 12.3 Å². The molecule has 1 aromatic carbocycles. The van der Waals surface area contributed by atoms with E-state index in [0.29, 0.717) is 24.5 Å². The molecular formula is C23H27F6N7. The summed E-state index contributed by atoms with van der Waals surface area (Å²) in [7, 11) is 1.51. The fourth-order valence-corrected chi connectivity index (χ4v) is 3.74. The van der Waals surface area contributed by atoms with Crippen LogP contribution in [0.1, 0.15) is 48.9 Å². The van der Waals surface area contributed by atoms with Crippen LogP contribution in [0.5, 0.6) is 0 Å². The molecule has 0 saturated heterocycles. The summed E-state index contributed by atoms with van der Waals surface area (Å²) in [5.41, 5.74) is -2.21. The van der Waals surface area contributed by atoms with E-state index in [1.165, 1.54) is 16.7 Å². The van der Waals surface area contributed by atoms with Crippen LogP contribution in [0.25, 0.3) is 0 Å². The number of benzene rings is 1. The second-order valence-corrected chi connectivity index (χ2v) is 8.27. The lowest BCUT2D eigenvalue weighted by Gasteiger charge is -2.27. The van der Waals surface area contributed by atoms with Crippen LogP contribution in [0.15, 0.2) is 36.5 Å². The van der Waals surface area contributed by atoms with Gasteiger partial charge in [-0.3, -0.25) is 0 Å². The average Bonchev–Trinajstić information content (AvgIpc) is 3.25. The summed E-state index contributed by atoms with van der Waals surface area (Å²) in [4.78, 5) is 9.22. The minimum atomic E-state index is -4.94. The van der Waals surface area contributed by atoms with Crippen molar-refractivity contribution in [2.75, 3.05) is 22.9 Å². The van der Waals surface area contributed by atoms with Gasteiger partial charge < -0.3 is 9.80 Å². The zero-order valence-corrected chi connectivity index (χ0v) is 20.1. The fourth-order valence-electron chi connectivity index (χ4n) is 3.74. The van der Waals surface area contributed by atoms with Crippen LogP contribution in [-0.2, 0) is 32.5 Å². The molecule has 0 radical (unpaired) electrons. The van der Waals surface area contributed by atoms with Crippen molar-refractivity contribution in [2.45, 2.75) is 52.1 Å². The van der Waals surface area contributed by atoms with Crippen molar-refractivity contribution in [1.29, 1.82) is 0 Å². The molecule has 0 aliphatic rings. The summed E-state index contributed by atoms with van der Waals surface area (Å²) >= 11 is 0. The number of aromatic nitrogens is 5. The Kier molecular flexibility index (Phi) is 8.41. The molecule has 0 spiro atoms. The molecule has 0 aliphatic carbocycles. The average molecular weight is 516 g/mol. The number of anilines is 2. The van der Waals surface area contributed by atoms with Gasteiger partial charge in [0.15, 0.2) is 0 Å². The Morgan fingerprint density at radius 2 is 1.58 bits per heavy atom. The van der Waals surface area contributed by atoms with E-state index in [1.807, 2.05) is 13.0 Å². The van der Waals surface area contributed by atoms with Gasteiger partial charge >= 0.3 is 12.4 Å². The Morgan fingerprint density at radius 3 is 2.11 bits per heavy atom. The summed E-state index contributed by atoms with van der Waals surface area (Å²) in [5, 5.41) is 11.9. The molecule has 3 aromatic rings. The Balaban J connectivity index is 2.03. The third kappa shape index (κ3) is 6.85. The Morgan fingerprint density at radius 1 is 0.917 bits per heavy atom. The second-order valence-electron chi connectivity index (χ2n) is 8.27. The quantitative estimate of drug-likeness (QED) is 0.334. The number of halogens is 6. The molecule has 2 aromatic heterocycles. The van der Waals surface area contributed by atoms with Gasteiger partial charge in [0.05, 0.1) is 18.2 Å². The molecule has 0 saturated carbocycles. The first-order valence-electron chi connectivity index (χ1n) is 11.4. The highest BCUT2D eigenvalue weighted by molar-refractivity contribution is 5.49. The minimum Gasteiger partial charge on any atom is -0.357 e. The molecule has 0 atom stereocenters. The molecule has 196 valence electrons. The van der Waals surface area contributed by atoms with Crippen molar-refractivity contribution >= 4 is 11.8 Å². The zero-order chi connectivity index (χ0) is 26.5. The number of rotatable bonds is 10. The first kappa shape index (κ1) is 27.2. The second kappa shape index (κ2) is 11.1. The van der Waals surface area contributed by atoms with Crippen molar-refractivity contribution < 1.29 is 26.3 Å². The van der Waals surface area contributed by atoms with Gasteiger partial charge in [0.1, 0.15) is 5.82 Å². The smallest absolute Gasteiger partial charge is 0.357 e. The molecule has 2 heterocycles. The highest BCUT2D eigenvalue weighted by Gasteiger charge is 2.37. The minimum absolute atomic E-state index is 0.0647. The summed E-state index contributed by atoms with van der Waals surface area (Å²) in [5.74, 6) is 0.747. The predicted molar refractivity (Wildman–Crippen MR) is 122 cm³/mol. The van der Waals surface area contributed by atoms with Crippen LogP contribution >= 0.6 is 0 Å². The number of alkyl halides is 6. The molecule has 0 unspecified atom stereocenters. The Bertz CT molecular complexity index is 1110. The molecule has 36 heavy (non-hydrogen) atoms. The van der Waals surface area contributed by atoms with E-state index >= 15 is 0 Å². The Hall–Kier alpha value is -3.38. The monoisotopic (exact) mass is 515 g/mol. The van der Waals surface area contributed by atoms with E-state index in [9.17, 15) is 26.3 Å². The lowest BCUT2D eigenvalue weighted by atomic mass is 10.0. The summed E-state index contributed by atoms with van der Waals surface area (Å²) in [6.07, 6.45) is -6.33. The fraction of sp³-hybridized carbons (Fsp3) is 0.478. The van der Waals surface area contributed by atoms with E-state index in [4.69, 9.17) is 0 Å². The van der Waals surface area contributed by atoms with Gasteiger partial charge in [0, 0.05) is 37.9 Å². The van der Waals surface area contributed by atoms with Crippen LogP contribution in [0.3, 0.4) is 0 Å². The predicted octanol–water partition coefficient (Wildman–Crippen LogP) is 5.48. The first-order valence-corrected chi connectivity index (χ1v) is 11.4. The molecule has 0 fully saturated rings. The van der Waals surface area contributed by atoms with Crippen LogP contribution in [0, 0.1) is 0 Å². The largest absolute Gasteiger partial charge is 0.416 e. The molecule has 0 N–H and O–H groups in total. The molecule has 0 amide bonds. The van der Waals surface area contributed by atoms with E-state index in [2.05, 4.69) is 32.2 Å². The van der Waals surface area contributed by atoms with Crippen molar-refractivity contribution in [3.8, 4) is 0 Å². The third-order valence-corrected chi connectivity index (χ3v) is 5.49. The SMILES string of the molecule is CCCCN(CC)c1ncccc1CN(Cc1cc(C(F)(F)F)cc(C(F)(F)F)c1)c1nnn(C)n1. The molecule has 7 nitrogen and oxygen atoms in total. The van der Waals surface area contributed by atoms with Crippen molar-refractivity contribution in [2.24, 2.45) is 7.05 Å². The van der Waals surface area contributed by atoms with Crippen LogP contribution < -0.4 is 9.80 Å². The van der Waals surface area contributed by atoms with Gasteiger partial charge in [0.2, 0.25) is 0 Å². The van der Waals surface area contributed by atoms with Crippen molar-refractivity contribution in [1.82, 2.24) is 25.2 Å². The standard InChI is InChI=1S/C23H27F6N7/c1-4-6-10-35(5-2)20-17(8-7-9-30-20)15-36(21-31-33-34(3)32-21)14-16-11-18(22(24,25)26)13-19(12-16)23(27,28)29/h7-9,11-13H,4-6,10,14-15H2,1-3H3. The van der Waals surface area contributed by atoms with Crippen LogP contribution in [0.4, 0.5) is 38.1 Å². The normalized spacial score (nSPS) is 12.1. The maximum atomic E-state index is 13.4. The summed E-state index contributed by atoms with van der Waals surface area (Å²) in [6, 6.07) is 5.07. The highest BCUT2D eigenvalue weighted by Crippen LogP contribution is 2.37. The first-order chi connectivity index (χ1) is 16.9. The van der Waals surface area contributed by atoms with Crippen LogP contribution in [-0.4, -0.2) is 38.3 Å². The molecule has 0 bridgehead atoms. The summed E-state index contributed by atoms with van der Waals surface area (Å²) < 4.78 is 80.4. The van der Waals surface area contributed by atoms with E-state index < -0.39 is 23.5 Å². The summed E-state index contributed by atoms with van der Waals surface area (Å²) in [6.45, 7) is 5.26. The number of tetrazole rings is 1. The topological polar surface area (TPSA) is 63.0 Å². The highest BCUT2D eigenvalue weighted by atomic mass is 19.4. The van der Waals surface area contributed by atoms with Gasteiger partial charge in [-0.25, -0.2) is 4.98 Å². The maximum absolute atomic E-state index is 13.4. The van der Waals surface area contributed by atoms with Gasteiger partial charge in [-0.1, -0.05) is 24.5 Å². The van der Waals surface area contributed by atoms with Crippen LogP contribution in [0.2, 0.25) is 0 Å². The number of hydrogen-bond acceptors (Lipinski definition) is 6. The van der Waals surface area contributed by atoms with Gasteiger partial charge in [0.25, 0.3) is 5.95 Å². The molecule has 13 heteroatoms. The zero-order valence-electron chi connectivity index (χ0n) is 20.1. The number of pyridine rings is 1. The molecule has 3 rings (SSSR count). The molecule has 0 aliphatic heterocycles. The van der Waals surface area contributed by atoms with Crippen molar-refractivity contribution in [3.05, 3.63) is 58.8 Å². The lowest BCUT2D eigenvalue weighted by molar-refractivity contribution is -0.143.